The largest absolute Gasteiger partial charge is 0.481 e. The maximum atomic E-state index is 5.39. The third-order valence-corrected chi connectivity index (χ3v) is 3.81. The number of ether oxygens (including phenoxy) is 1. The highest BCUT2D eigenvalue weighted by molar-refractivity contribution is 5.30. The molecule has 1 N–H and O–H groups in total. The van der Waals surface area contributed by atoms with Crippen LogP contribution in [0, 0.1) is 6.92 Å². The van der Waals surface area contributed by atoms with E-state index in [0.29, 0.717) is 0 Å². The van der Waals surface area contributed by atoms with Crippen molar-refractivity contribution in [2.75, 3.05) is 33.3 Å². The van der Waals surface area contributed by atoms with Crippen LogP contribution in [0.3, 0.4) is 0 Å². The molecule has 0 atom stereocenters. The molecule has 5 heteroatoms. The zero-order valence-corrected chi connectivity index (χ0v) is 12.4. The van der Waals surface area contributed by atoms with Gasteiger partial charge in [0.15, 0.2) is 0 Å². The number of nitrogens with zero attached hydrogens (tertiary/aromatic N) is 3. The zero-order valence-electron chi connectivity index (χ0n) is 12.4. The van der Waals surface area contributed by atoms with Gasteiger partial charge in [-0.15, -0.1) is 0 Å². The van der Waals surface area contributed by atoms with Crippen molar-refractivity contribution in [1.29, 1.82) is 0 Å². The van der Waals surface area contributed by atoms with Crippen molar-refractivity contribution in [2.45, 2.75) is 32.7 Å². The Hall–Kier alpha value is -1.07. The smallest absolute Gasteiger partial charge is 0.216 e. The topological polar surface area (TPSA) is 42.3 Å². The van der Waals surface area contributed by atoms with Gasteiger partial charge >= 0.3 is 0 Å². The summed E-state index contributed by atoms with van der Waals surface area (Å²) in [5.41, 5.74) is 2.22. The van der Waals surface area contributed by atoms with Crippen LogP contribution >= 0.6 is 0 Å². The van der Waals surface area contributed by atoms with Crippen LogP contribution in [0.25, 0.3) is 0 Å². The fourth-order valence-corrected chi connectivity index (χ4v) is 2.79. The molecule has 1 aromatic heterocycles. The highest BCUT2D eigenvalue weighted by Gasteiger charge is 2.13. The maximum Gasteiger partial charge on any atom is 0.216 e. The van der Waals surface area contributed by atoms with E-state index in [-0.39, 0.29) is 0 Å². The quantitative estimate of drug-likeness (QED) is 0.756. The van der Waals surface area contributed by atoms with Crippen molar-refractivity contribution < 1.29 is 4.74 Å². The molecule has 2 heterocycles. The highest BCUT2D eigenvalue weighted by Crippen LogP contribution is 2.20. The van der Waals surface area contributed by atoms with Crippen LogP contribution in [0.5, 0.6) is 5.88 Å². The monoisotopic (exact) mass is 266 g/mol. The van der Waals surface area contributed by atoms with Crippen LogP contribution < -0.4 is 10.1 Å². The maximum absolute atomic E-state index is 5.39. The van der Waals surface area contributed by atoms with Gasteiger partial charge in [-0.25, -0.2) is 4.68 Å². The number of hydrogen-bond acceptors (Lipinski definition) is 4. The van der Waals surface area contributed by atoms with Crippen molar-refractivity contribution in [2.24, 2.45) is 7.05 Å². The van der Waals surface area contributed by atoms with E-state index < -0.39 is 0 Å². The van der Waals surface area contributed by atoms with Gasteiger partial charge in [0.05, 0.1) is 18.4 Å². The van der Waals surface area contributed by atoms with E-state index in [0.717, 1.165) is 24.7 Å². The number of nitrogens with one attached hydrogen (secondary N) is 1. The Balaban J connectivity index is 1.70. The third-order valence-electron chi connectivity index (χ3n) is 3.81. The molecule has 108 valence electrons. The van der Waals surface area contributed by atoms with Crippen LogP contribution in [-0.2, 0) is 13.6 Å². The summed E-state index contributed by atoms with van der Waals surface area (Å²) in [5, 5.41) is 7.88. The van der Waals surface area contributed by atoms with Gasteiger partial charge in [-0.05, 0) is 52.4 Å². The predicted molar refractivity (Wildman–Crippen MR) is 76.5 cm³/mol. The minimum absolute atomic E-state index is 0.836. The number of hydrogen-bond donors (Lipinski definition) is 1. The average Bonchev–Trinajstić information content (AvgIpc) is 2.98. The van der Waals surface area contributed by atoms with E-state index in [2.05, 4.69) is 15.3 Å². The third kappa shape index (κ3) is 3.70. The summed E-state index contributed by atoms with van der Waals surface area (Å²) in [5.74, 6) is 0.865. The Labute approximate surface area is 115 Å². The lowest BCUT2D eigenvalue weighted by atomic mass is 10.2. The number of aromatic nitrogens is 2. The molecule has 19 heavy (non-hydrogen) atoms. The second kappa shape index (κ2) is 6.91. The van der Waals surface area contributed by atoms with Crippen molar-refractivity contribution >= 4 is 0 Å². The molecule has 1 aliphatic rings. The van der Waals surface area contributed by atoms with Crippen LogP contribution in [-0.4, -0.2) is 48.0 Å². The molecular formula is C14H26N4O. The second-order valence-electron chi connectivity index (χ2n) is 5.28. The van der Waals surface area contributed by atoms with Crippen molar-refractivity contribution in [1.82, 2.24) is 20.0 Å². The fraction of sp³-hybridized carbons (Fsp3) is 0.786. The first-order valence-electron chi connectivity index (χ1n) is 7.22. The Morgan fingerprint density at radius 3 is 2.74 bits per heavy atom. The molecule has 0 aliphatic carbocycles. The summed E-state index contributed by atoms with van der Waals surface area (Å²) in [4.78, 5) is 2.55. The number of aryl methyl sites for hydroxylation is 2. The normalized spacial score (nSPS) is 16.2. The van der Waals surface area contributed by atoms with Gasteiger partial charge in [0.25, 0.3) is 0 Å². The molecule has 0 radical (unpaired) electrons. The molecule has 1 saturated heterocycles. The van der Waals surface area contributed by atoms with E-state index in [9.17, 15) is 0 Å². The molecule has 0 bridgehead atoms. The molecule has 1 fully saturated rings. The standard InChI is InChI=1S/C14H26N4O/c1-12-13(14(19-3)17(2)16-12)11-15-7-6-10-18-8-4-5-9-18/h15H,4-11H2,1-3H3. The number of methoxy groups -OCH3 is 1. The summed E-state index contributed by atoms with van der Waals surface area (Å²) in [6.07, 6.45) is 3.96. The van der Waals surface area contributed by atoms with Crippen molar-refractivity contribution in [3.8, 4) is 5.88 Å². The minimum atomic E-state index is 0.836. The molecule has 0 spiro atoms. The zero-order chi connectivity index (χ0) is 13.7. The Morgan fingerprint density at radius 1 is 1.32 bits per heavy atom. The average molecular weight is 266 g/mol. The van der Waals surface area contributed by atoms with Gasteiger partial charge in [-0.2, -0.15) is 5.10 Å². The Morgan fingerprint density at radius 2 is 2.05 bits per heavy atom. The SMILES string of the molecule is COc1c(CNCCCN2CCCC2)c(C)nn1C. The van der Waals surface area contributed by atoms with Gasteiger partial charge < -0.3 is 15.0 Å². The summed E-state index contributed by atoms with van der Waals surface area (Å²) >= 11 is 0. The first kappa shape index (κ1) is 14.3. The van der Waals surface area contributed by atoms with Crippen molar-refractivity contribution in [3.63, 3.8) is 0 Å². The lowest BCUT2D eigenvalue weighted by Gasteiger charge is -2.14. The molecule has 1 aliphatic heterocycles. The fourth-order valence-electron chi connectivity index (χ4n) is 2.79. The second-order valence-corrected chi connectivity index (χ2v) is 5.28. The Bertz CT molecular complexity index is 396. The summed E-state index contributed by atoms with van der Waals surface area (Å²) in [6.45, 7) is 7.71. The first-order chi connectivity index (χ1) is 9.22. The van der Waals surface area contributed by atoms with E-state index in [1.807, 2.05) is 14.0 Å². The molecular weight excluding hydrogens is 240 g/mol. The van der Waals surface area contributed by atoms with Gasteiger partial charge in [0, 0.05) is 13.6 Å². The lowest BCUT2D eigenvalue weighted by Crippen LogP contribution is -2.24. The molecule has 0 saturated carbocycles. The molecule has 2 rings (SSSR count). The molecule has 0 unspecified atom stereocenters. The van der Waals surface area contributed by atoms with Gasteiger partial charge in [0.1, 0.15) is 0 Å². The first-order valence-corrected chi connectivity index (χ1v) is 7.22. The van der Waals surface area contributed by atoms with Gasteiger partial charge in [-0.3, -0.25) is 0 Å². The van der Waals surface area contributed by atoms with E-state index in [1.54, 1.807) is 11.8 Å². The van der Waals surface area contributed by atoms with Gasteiger partial charge in [0.2, 0.25) is 5.88 Å². The highest BCUT2D eigenvalue weighted by atomic mass is 16.5. The van der Waals surface area contributed by atoms with E-state index in [1.165, 1.54) is 44.5 Å². The molecule has 0 amide bonds. The van der Waals surface area contributed by atoms with Crippen LogP contribution in [0.15, 0.2) is 0 Å². The van der Waals surface area contributed by atoms with Crippen LogP contribution in [0.4, 0.5) is 0 Å². The minimum Gasteiger partial charge on any atom is -0.481 e. The number of likely N-dealkylation sites (tertiary alicyclic amines) is 1. The summed E-state index contributed by atoms with van der Waals surface area (Å²) < 4.78 is 7.19. The number of rotatable bonds is 7. The van der Waals surface area contributed by atoms with Crippen LogP contribution in [0.1, 0.15) is 30.5 Å². The van der Waals surface area contributed by atoms with Gasteiger partial charge in [-0.1, -0.05) is 0 Å². The van der Waals surface area contributed by atoms with E-state index >= 15 is 0 Å². The lowest BCUT2D eigenvalue weighted by molar-refractivity contribution is 0.330. The summed E-state index contributed by atoms with van der Waals surface area (Å²) in [7, 11) is 3.62. The molecule has 1 aromatic rings. The summed E-state index contributed by atoms with van der Waals surface area (Å²) in [6, 6.07) is 0. The van der Waals surface area contributed by atoms with Crippen LogP contribution in [0.2, 0.25) is 0 Å². The van der Waals surface area contributed by atoms with Crippen molar-refractivity contribution in [3.05, 3.63) is 11.3 Å². The molecule has 0 aromatic carbocycles. The Kier molecular flexibility index (Phi) is 5.22. The molecule has 5 nitrogen and oxygen atoms in total. The predicted octanol–water partition coefficient (Wildman–Crippen LogP) is 1.31. The van der Waals surface area contributed by atoms with E-state index in [4.69, 9.17) is 4.74 Å².